The van der Waals surface area contributed by atoms with E-state index < -0.39 is 0 Å². The van der Waals surface area contributed by atoms with Gasteiger partial charge in [-0.1, -0.05) is 18.6 Å². The van der Waals surface area contributed by atoms with E-state index >= 15 is 0 Å². The fourth-order valence-corrected chi connectivity index (χ4v) is 3.56. The molecule has 0 spiro atoms. The third kappa shape index (κ3) is 4.07. The van der Waals surface area contributed by atoms with E-state index in [1.54, 1.807) is 12.1 Å². The van der Waals surface area contributed by atoms with E-state index in [4.69, 9.17) is 4.99 Å². The Kier molecular flexibility index (Phi) is 5.39. The Bertz CT molecular complexity index is 586. The molecule has 0 heterocycles. The largest absolute Gasteiger partial charge is 0.393 e. The van der Waals surface area contributed by atoms with Gasteiger partial charge in [0.1, 0.15) is 5.82 Å². The number of rotatable bonds is 6. The number of aliphatic hydroxyl groups excluding tert-OH is 1. The lowest BCUT2D eigenvalue weighted by atomic mass is 9.96. The van der Waals surface area contributed by atoms with E-state index in [-0.39, 0.29) is 17.3 Å². The number of benzene rings is 1. The van der Waals surface area contributed by atoms with Crippen LogP contribution in [0.25, 0.3) is 0 Å². The molecule has 3 N–H and O–H groups in total. The van der Waals surface area contributed by atoms with Gasteiger partial charge >= 0.3 is 0 Å². The van der Waals surface area contributed by atoms with E-state index in [1.165, 1.54) is 6.07 Å². The number of aliphatic hydroxyl groups is 1. The Hall–Kier alpha value is -1.62. The van der Waals surface area contributed by atoms with Crippen LogP contribution in [0.3, 0.4) is 0 Å². The first-order valence-corrected chi connectivity index (χ1v) is 9.09. The smallest absolute Gasteiger partial charge is 0.191 e. The van der Waals surface area contributed by atoms with E-state index in [0.29, 0.717) is 12.5 Å². The van der Waals surface area contributed by atoms with Gasteiger partial charge in [-0.2, -0.15) is 0 Å². The van der Waals surface area contributed by atoms with Gasteiger partial charge in [0.05, 0.1) is 12.6 Å². The van der Waals surface area contributed by atoms with Crippen molar-refractivity contribution in [3.8, 4) is 0 Å². The highest BCUT2D eigenvalue weighted by atomic mass is 19.1. The third-order valence-electron chi connectivity index (χ3n) is 5.33. The average Bonchev–Trinajstić information content (AvgIpc) is 3.26. The topological polar surface area (TPSA) is 56.7 Å². The van der Waals surface area contributed by atoms with Gasteiger partial charge in [-0.15, -0.1) is 0 Å². The summed E-state index contributed by atoms with van der Waals surface area (Å²) >= 11 is 0. The number of aliphatic imine (C=N–C) groups is 1. The van der Waals surface area contributed by atoms with E-state index in [1.807, 2.05) is 13.0 Å². The summed E-state index contributed by atoms with van der Waals surface area (Å²) in [5.41, 5.74) is 1.05. The van der Waals surface area contributed by atoms with Gasteiger partial charge in [-0.05, 0) is 50.3 Å². The van der Waals surface area contributed by atoms with Crippen molar-refractivity contribution in [3.05, 3.63) is 35.6 Å². The van der Waals surface area contributed by atoms with Crippen molar-refractivity contribution in [2.75, 3.05) is 19.6 Å². The van der Waals surface area contributed by atoms with Gasteiger partial charge in [-0.25, -0.2) is 4.39 Å². The van der Waals surface area contributed by atoms with Crippen LogP contribution in [0.5, 0.6) is 0 Å². The Morgan fingerprint density at radius 2 is 2.17 bits per heavy atom. The van der Waals surface area contributed by atoms with Gasteiger partial charge in [-0.3, -0.25) is 4.99 Å². The number of nitrogens with zero attached hydrogens (tertiary/aromatic N) is 1. The van der Waals surface area contributed by atoms with Crippen LogP contribution in [0.1, 0.15) is 44.6 Å². The molecule has 1 aromatic carbocycles. The Labute approximate surface area is 143 Å². The van der Waals surface area contributed by atoms with Crippen LogP contribution in [-0.4, -0.2) is 36.8 Å². The highest BCUT2D eigenvalue weighted by Gasteiger charge is 2.44. The molecule has 2 aliphatic carbocycles. The summed E-state index contributed by atoms with van der Waals surface area (Å²) in [5, 5.41) is 16.6. The van der Waals surface area contributed by atoms with Crippen LogP contribution >= 0.6 is 0 Å². The van der Waals surface area contributed by atoms with Gasteiger partial charge in [0, 0.05) is 24.4 Å². The lowest BCUT2D eigenvalue weighted by Gasteiger charge is -2.19. The molecule has 3 rings (SSSR count). The van der Waals surface area contributed by atoms with Crippen LogP contribution < -0.4 is 10.6 Å². The lowest BCUT2D eigenvalue weighted by Crippen LogP contribution is -2.41. The van der Waals surface area contributed by atoms with Crippen molar-refractivity contribution in [1.29, 1.82) is 0 Å². The summed E-state index contributed by atoms with van der Waals surface area (Å²) in [5.74, 6) is 0.925. The molecule has 0 bridgehead atoms. The third-order valence-corrected chi connectivity index (χ3v) is 5.33. The zero-order valence-electron chi connectivity index (χ0n) is 14.4. The number of guanidine groups is 1. The van der Waals surface area contributed by atoms with Crippen LogP contribution in [-0.2, 0) is 5.41 Å². The molecule has 24 heavy (non-hydrogen) atoms. The molecule has 2 atom stereocenters. The highest BCUT2D eigenvalue weighted by molar-refractivity contribution is 5.79. The van der Waals surface area contributed by atoms with E-state index in [0.717, 1.165) is 56.7 Å². The molecule has 132 valence electrons. The molecular formula is C19H28FN3O. The molecule has 0 amide bonds. The summed E-state index contributed by atoms with van der Waals surface area (Å²) in [6, 6.07) is 6.90. The first kappa shape index (κ1) is 17.2. The zero-order valence-corrected chi connectivity index (χ0v) is 14.4. The summed E-state index contributed by atoms with van der Waals surface area (Å²) < 4.78 is 13.5. The van der Waals surface area contributed by atoms with Gasteiger partial charge in [0.2, 0.25) is 0 Å². The molecule has 2 saturated carbocycles. The molecular weight excluding hydrogens is 305 g/mol. The standard InChI is InChI=1S/C19H28FN3O/c1-2-21-18(22-12-14-5-3-8-17(14)24)23-13-19(9-10-19)15-6-4-7-16(20)11-15/h4,6-7,11,14,17,24H,2-3,5,8-10,12-13H2,1H3,(H2,21,22,23). The van der Waals surface area contributed by atoms with Crippen molar-refractivity contribution in [2.24, 2.45) is 10.9 Å². The number of nitrogens with one attached hydrogen (secondary N) is 2. The van der Waals surface area contributed by atoms with Crippen LogP contribution in [0.2, 0.25) is 0 Å². The SMILES string of the molecule is CCNC(=NCC1(c2cccc(F)c2)CC1)NCC1CCCC1O. The number of hydrogen-bond donors (Lipinski definition) is 3. The Morgan fingerprint density at radius 1 is 1.33 bits per heavy atom. The first-order chi connectivity index (χ1) is 11.6. The second kappa shape index (κ2) is 7.51. The average molecular weight is 333 g/mol. The lowest BCUT2D eigenvalue weighted by molar-refractivity contribution is 0.134. The second-order valence-electron chi connectivity index (χ2n) is 7.13. The summed E-state index contributed by atoms with van der Waals surface area (Å²) in [4.78, 5) is 4.73. The molecule has 2 aliphatic rings. The highest BCUT2D eigenvalue weighted by Crippen LogP contribution is 2.48. The fourth-order valence-electron chi connectivity index (χ4n) is 3.56. The minimum atomic E-state index is -0.192. The molecule has 0 aromatic heterocycles. The number of halogens is 1. The molecule has 4 nitrogen and oxygen atoms in total. The van der Waals surface area contributed by atoms with Crippen LogP contribution in [0, 0.1) is 11.7 Å². The van der Waals surface area contributed by atoms with Crippen molar-refractivity contribution >= 4 is 5.96 Å². The van der Waals surface area contributed by atoms with Gasteiger partial charge < -0.3 is 15.7 Å². The molecule has 0 aliphatic heterocycles. The molecule has 2 fully saturated rings. The zero-order chi connectivity index (χ0) is 17.0. The molecule has 1 aromatic rings. The molecule has 0 radical (unpaired) electrons. The van der Waals surface area contributed by atoms with Crippen molar-refractivity contribution in [1.82, 2.24) is 10.6 Å². The Balaban J connectivity index is 1.61. The van der Waals surface area contributed by atoms with Crippen molar-refractivity contribution in [2.45, 2.75) is 50.5 Å². The normalized spacial score (nSPS) is 25.5. The maximum absolute atomic E-state index is 13.5. The van der Waals surface area contributed by atoms with Crippen molar-refractivity contribution < 1.29 is 9.50 Å². The van der Waals surface area contributed by atoms with Crippen LogP contribution in [0.4, 0.5) is 4.39 Å². The van der Waals surface area contributed by atoms with Gasteiger partial charge in [0.15, 0.2) is 5.96 Å². The van der Waals surface area contributed by atoms with Crippen molar-refractivity contribution in [3.63, 3.8) is 0 Å². The van der Waals surface area contributed by atoms with E-state index in [9.17, 15) is 9.50 Å². The molecule has 2 unspecified atom stereocenters. The monoisotopic (exact) mass is 333 g/mol. The van der Waals surface area contributed by atoms with Crippen LogP contribution in [0.15, 0.2) is 29.3 Å². The quantitative estimate of drug-likeness (QED) is 0.554. The molecule has 0 saturated heterocycles. The predicted molar refractivity (Wildman–Crippen MR) is 94.6 cm³/mol. The summed E-state index contributed by atoms with van der Waals surface area (Å²) in [6.07, 6.45) is 5.00. The first-order valence-electron chi connectivity index (χ1n) is 9.09. The Morgan fingerprint density at radius 3 is 2.79 bits per heavy atom. The molecule has 5 heteroatoms. The van der Waals surface area contributed by atoms with Gasteiger partial charge in [0.25, 0.3) is 0 Å². The summed E-state index contributed by atoms with van der Waals surface area (Å²) in [6.45, 7) is 4.26. The minimum Gasteiger partial charge on any atom is -0.393 e. The maximum Gasteiger partial charge on any atom is 0.191 e. The fraction of sp³-hybridized carbons (Fsp3) is 0.632. The van der Waals surface area contributed by atoms with E-state index in [2.05, 4.69) is 10.6 Å². The second-order valence-corrected chi connectivity index (χ2v) is 7.13. The minimum absolute atomic E-state index is 0.00265. The maximum atomic E-state index is 13.5. The predicted octanol–water partition coefficient (Wildman–Crippen LogP) is 2.57. The number of hydrogen-bond acceptors (Lipinski definition) is 2. The summed E-state index contributed by atoms with van der Waals surface area (Å²) in [7, 11) is 0.